The van der Waals surface area contributed by atoms with Gasteiger partial charge in [-0.25, -0.2) is 0 Å². The van der Waals surface area contributed by atoms with Crippen molar-refractivity contribution in [1.29, 1.82) is 5.26 Å². The van der Waals surface area contributed by atoms with Gasteiger partial charge in [0.05, 0.1) is 6.07 Å². The maximum Gasteiger partial charge on any atom is 0.226 e. The van der Waals surface area contributed by atoms with Crippen LogP contribution in [0.5, 0.6) is 0 Å². The number of carbonyl (C=O) groups excluding carboxylic acids is 1. The molecule has 1 atom stereocenters. The van der Waals surface area contributed by atoms with E-state index in [1.54, 1.807) is 11.8 Å². The Morgan fingerprint density at radius 3 is 2.59 bits per heavy atom. The largest absolute Gasteiger partial charge is 0.338 e. The van der Waals surface area contributed by atoms with Gasteiger partial charge in [-0.15, -0.1) is 0 Å². The molecule has 90 valence electrons. The summed E-state index contributed by atoms with van der Waals surface area (Å²) in [4.78, 5) is 13.8. The molecule has 0 fully saturated rings. The van der Waals surface area contributed by atoms with Crippen LogP contribution in [0.25, 0.3) is 0 Å². The summed E-state index contributed by atoms with van der Waals surface area (Å²) < 4.78 is 0. The molecule has 0 N–H and O–H groups in total. The van der Waals surface area contributed by atoms with Crippen LogP contribution >= 0.6 is 0 Å². The molecule has 1 rings (SSSR count). The van der Waals surface area contributed by atoms with Gasteiger partial charge in [0.25, 0.3) is 0 Å². The molecule has 0 aliphatic carbocycles. The molecule has 0 heterocycles. The van der Waals surface area contributed by atoms with E-state index in [0.29, 0.717) is 13.1 Å². The Kier molecular flexibility index (Phi) is 5.22. The van der Waals surface area contributed by atoms with Crippen LogP contribution in [-0.4, -0.2) is 17.4 Å². The van der Waals surface area contributed by atoms with Gasteiger partial charge in [-0.3, -0.25) is 4.79 Å². The Morgan fingerprint density at radius 1 is 1.41 bits per heavy atom. The molecule has 0 bridgehead atoms. The first-order valence-electron chi connectivity index (χ1n) is 5.88. The molecule has 3 heteroatoms. The van der Waals surface area contributed by atoms with Gasteiger partial charge in [0, 0.05) is 25.4 Å². The lowest BCUT2D eigenvalue weighted by molar-refractivity contribution is -0.135. The van der Waals surface area contributed by atoms with E-state index < -0.39 is 0 Å². The fourth-order valence-corrected chi connectivity index (χ4v) is 1.69. The molecule has 3 nitrogen and oxygen atoms in total. The zero-order chi connectivity index (χ0) is 12.7. The van der Waals surface area contributed by atoms with E-state index in [0.717, 1.165) is 5.56 Å². The lowest BCUT2D eigenvalue weighted by Crippen LogP contribution is -2.34. The quantitative estimate of drug-likeness (QED) is 0.780. The van der Waals surface area contributed by atoms with Crippen molar-refractivity contribution in [1.82, 2.24) is 4.90 Å². The molecule has 1 unspecified atom stereocenters. The van der Waals surface area contributed by atoms with Crippen molar-refractivity contribution in [2.24, 2.45) is 5.92 Å². The highest BCUT2D eigenvalue weighted by Crippen LogP contribution is 2.10. The minimum atomic E-state index is -0.219. The Hall–Kier alpha value is -1.82. The van der Waals surface area contributed by atoms with Crippen molar-refractivity contribution >= 4 is 5.91 Å². The molecule has 1 aromatic rings. The Bertz CT molecular complexity index is 394. The Morgan fingerprint density at radius 2 is 2.06 bits per heavy atom. The standard InChI is InChI=1S/C14H18N2O/c1-3-16(14(17)12(2)9-10-15)11-13-7-5-4-6-8-13/h4-8,12H,3,9,11H2,1-2H3. The number of hydrogen-bond donors (Lipinski definition) is 0. The first-order valence-corrected chi connectivity index (χ1v) is 5.88. The Balaban J connectivity index is 2.66. The minimum Gasteiger partial charge on any atom is -0.338 e. The van der Waals surface area contributed by atoms with Crippen molar-refractivity contribution < 1.29 is 4.79 Å². The van der Waals surface area contributed by atoms with Crippen LogP contribution in [0.3, 0.4) is 0 Å². The van der Waals surface area contributed by atoms with Crippen molar-refractivity contribution in [3.63, 3.8) is 0 Å². The van der Waals surface area contributed by atoms with E-state index in [-0.39, 0.29) is 18.2 Å². The van der Waals surface area contributed by atoms with Crippen molar-refractivity contribution in [3.8, 4) is 6.07 Å². The van der Waals surface area contributed by atoms with E-state index in [2.05, 4.69) is 0 Å². The van der Waals surface area contributed by atoms with Gasteiger partial charge in [0.15, 0.2) is 0 Å². The fourth-order valence-electron chi connectivity index (χ4n) is 1.69. The van der Waals surface area contributed by atoms with Crippen LogP contribution in [0.1, 0.15) is 25.8 Å². The molecule has 0 saturated carbocycles. The summed E-state index contributed by atoms with van der Waals surface area (Å²) in [5.74, 6) is -0.165. The molecule has 1 amide bonds. The van der Waals surface area contributed by atoms with Gasteiger partial charge in [-0.05, 0) is 12.5 Å². The van der Waals surface area contributed by atoms with E-state index in [9.17, 15) is 4.79 Å². The van der Waals surface area contributed by atoms with E-state index in [1.165, 1.54) is 0 Å². The second kappa shape index (κ2) is 6.70. The van der Waals surface area contributed by atoms with Crippen molar-refractivity contribution in [2.75, 3.05) is 6.54 Å². The average molecular weight is 230 g/mol. The summed E-state index contributed by atoms with van der Waals surface area (Å²) in [6.07, 6.45) is 0.282. The zero-order valence-electron chi connectivity index (χ0n) is 10.4. The molecule has 0 radical (unpaired) electrons. The van der Waals surface area contributed by atoms with Gasteiger partial charge in [0.1, 0.15) is 0 Å². The van der Waals surface area contributed by atoms with Crippen LogP contribution in [0.15, 0.2) is 30.3 Å². The molecule has 0 aliphatic heterocycles. The SMILES string of the molecule is CCN(Cc1ccccc1)C(=O)C(C)CC#N. The van der Waals surface area contributed by atoms with Crippen LogP contribution in [0.4, 0.5) is 0 Å². The molecule has 1 aromatic carbocycles. The summed E-state index contributed by atoms with van der Waals surface area (Å²) in [6.45, 7) is 5.05. The third-order valence-electron chi connectivity index (χ3n) is 2.73. The number of nitrogens with zero attached hydrogens (tertiary/aromatic N) is 2. The molecule has 17 heavy (non-hydrogen) atoms. The fraction of sp³-hybridized carbons (Fsp3) is 0.429. The highest BCUT2D eigenvalue weighted by Gasteiger charge is 2.18. The van der Waals surface area contributed by atoms with Crippen LogP contribution in [0.2, 0.25) is 0 Å². The predicted molar refractivity (Wildman–Crippen MR) is 66.9 cm³/mol. The molecule has 0 aliphatic rings. The number of hydrogen-bond acceptors (Lipinski definition) is 2. The van der Waals surface area contributed by atoms with E-state index in [4.69, 9.17) is 5.26 Å². The van der Waals surface area contributed by atoms with E-state index in [1.807, 2.05) is 43.3 Å². The second-order valence-corrected chi connectivity index (χ2v) is 4.10. The lowest BCUT2D eigenvalue weighted by atomic mass is 10.1. The van der Waals surface area contributed by atoms with E-state index >= 15 is 0 Å². The van der Waals surface area contributed by atoms with Crippen molar-refractivity contribution in [2.45, 2.75) is 26.8 Å². The normalized spacial score (nSPS) is 11.6. The molecular weight excluding hydrogens is 212 g/mol. The van der Waals surface area contributed by atoms with Crippen LogP contribution in [0, 0.1) is 17.2 Å². The van der Waals surface area contributed by atoms with Gasteiger partial charge < -0.3 is 4.90 Å². The van der Waals surface area contributed by atoms with Gasteiger partial charge in [-0.2, -0.15) is 5.26 Å². The molecule has 0 spiro atoms. The minimum absolute atomic E-state index is 0.0536. The zero-order valence-corrected chi connectivity index (χ0v) is 10.4. The Labute approximate surface area is 103 Å². The third kappa shape index (κ3) is 3.92. The molecule has 0 aromatic heterocycles. The number of benzene rings is 1. The number of carbonyl (C=O) groups is 1. The van der Waals surface area contributed by atoms with Crippen LogP contribution < -0.4 is 0 Å². The maximum atomic E-state index is 12.0. The molecular formula is C14H18N2O. The summed E-state index contributed by atoms with van der Waals surface area (Å²) in [6, 6.07) is 11.9. The monoisotopic (exact) mass is 230 g/mol. The summed E-state index contributed by atoms with van der Waals surface area (Å²) in [5, 5.41) is 8.61. The lowest BCUT2D eigenvalue weighted by Gasteiger charge is -2.23. The highest BCUT2D eigenvalue weighted by atomic mass is 16.2. The van der Waals surface area contributed by atoms with Gasteiger partial charge in [0.2, 0.25) is 5.91 Å². The number of rotatable bonds is 5. The smallest absolute Gasteiger partial charge is 0.226 e. The van der Waals surface area contributed by atoms with Gasteiger partial charge >= 0.3 is 0 Å². The number of nitriles is 1. The highest BCUT2D eigenvalue weighted by molar-refractivity contribution is 5.78. The summed E-state index contributed by atoms with van der Waals surface area (Å²) >= 11 is 0. The second-order valence-electron chi connectivity index (χ2n) is 4.10. The summed E-state index contributed by atoms with van der Waals surface area (Å²) in [5.41, 5.74) is 1.12. The van der Waals surface area contributed by atoms with Crippen LogP contribution in [-0.2, 0) is 11.3 Å². The number of amides is 1. The maximum absolute atomic E-state index is 12.0. The first-order chi connectivity index (χ1) is 8.19. The topological polar surface area (TPSA) is 44.1 Å². The third-order valence-corrected chi connectivity index (χ3v) is 2.73. The molecule has 0 saturated heterocycles. The summed E-state index contributed by atoms with van der Waals surface area (Å²) in [7, 11) is 0. The first kappa shape index (κ1) is 13.2. The average Bonchev–Trinajstić information content (AvgIpc) is 2.36. The van der Waals surface area contributed by atoms with Gasteiger partial charge in [-0.1, -0.05) is 37.3 Å². The van der Waals surface area contributed by atoms with Crippen molar-refractivity contribution in [3.05, 3.63) is 35.9 Å². The predicted octanol–water partition coefficient (Wildman–Crippen LogP) is 2.58.